The molecule has 2 saturated heterocycles. The van der Waals surface area contributed by atoms with Crippen LogP contribution in [0, 0.1) is 5.92 Å². The lowest BCUT2D eigenvalue weighted by Gasteiger charge is -2.46. The first kappa shape index (κ1) is 26.7. The Balaban J connectivity index is 1.18. The third-order valence-corrected chi connectivity index (χ3v) is 8.67. The highest BCUT2D eigenvalue weighted by Gasteiger charge is 2.35. The van der Waals surface area contributed by atoms with Gasteiger partial charge < -0.3 is 15.5 Å². The van der Waals surface area contributed by atoms with Crippen LogP contribution in [0.3, 0.4) is 0 Å². The molecule has 1 unspecified atom stereocenters. The number of piperidine rings is 1. The Morgan fingerprint density at radius 2 is 1.62 bits per heavy atom. The summed E-state index contributed by atoms with van der Waals surface area (Å²) in [5.74, 6) is 1.73. The van der Waals surface area contributed by atoms with Gasteiger partial charge in [0.15, 0.2) is 0 Å². The van der Waals surface area contributed by atoms with Crippen molar-refractivity contribution in [1.82, 2.24) is 30.0 Å². The number of hydrogen-bond acceptors (Lipinski definition) is 7. The normalized spacial score (nSPS) is 23.3. The molecule has 210 valence electrons. The van der Waals surface area contributed by atoms with E-state index in [-0.39, 0.29) is 29.8 Å². The van der Waals surface area contributed by atoms with E-state index in [4.69, 9.17) is 9.97 Å². The Kier molecular flexibility index (Phi) is 7.67. The number of likely N-dealkylation sites (tertiary alicyclic amines) is 1. The summed E-state index contributed by atoms with van der Waals surface area (Å²) in [5, 5.41) is 7.64. The van der Waals surface area contributed by atoms with Gasteiger partial charge in [-0.2, -0.15) is 0 Å². The van der Waals surface area contributed by atoms with Crippen molar-refractivity contribution in [2.45, 2.75) is 51.4 Å². The number of amides is 2. The zero-order chi connectivity index (χ0) is 27.6. The van der Waals surface area contributed by atoms with Crippen LogP contribution >= 0.6 is 0 Å². The van der Waals surface area contributed by atoms with Crippen LogP contribution in [0.5, 0.6) is 0 Å². The first-order valence-electron chi connectivity index (χ1n) is 14.6. The summed E-state index contributed by atoms with van der Waals surface area (Å²) < 4.78 is 0. The molecule has 4 heterocycles. The summed E-state index contributed by atoms with van der Waals surface area (Å²) in [6.45, 7) is 9.61. The van der Waals surface area contributed by atoms with E-state index in [1.54, 1.807) is 0 Å². The minimum absolute atomic E-state index is 0.00551. The molecule has 2 atom stereocenters. The summed E-state index contributed by atoms with van der Waals surface area (Å²) in [4.78, 5) is 43.2. The molecule has 0 spiro atoms. The molecule has 1 aromatic heterocycles. The Morgan fingerprint density at radius 1 is 0.900 bits per heavy atom. The number of carbonyl (C=O) groups is 2. The van der Waals surface area contributed by atoms with Gasteiger partial charge in [-0.25, -0.2) is 9.97 Å². The molecule has 0 aliphatic carbocycles. The van der Waals surface area contributed by atoms with Crippen LogP contribution in [0.4, 0.5) is 5.82 Å². The van der Waals surface area contributed by atoms with Crippen LogP contribution in [0.1, 0.15) is 42.9 Å². The molecule has 40 heavy (non-hydrogen) atoms. The number of benzene rings is 2. The fraction of sp³-hybridized carbons (Fsp3) is 0.484. The van der Waals surface area contributed by atoms with Crippen LogP contribution in [0.2, 0.25) is 0 Å². The van der Waals surface area contributed by atoms with Crippen molar-refractivity contribution < 1.29 is 9.59 Å². The summed E-state index contributed by atoms with van der Waals surface area (Å²) in [5.41, 5.74) is 1.65. The SMILES string of the molecule is CC(C)[C@@H]1Nc2nc(nc3ccccc23)CN2CCN(C3CCN(C(=O)c4ccccc4)CC3)CC2CNC1=O. The maximum absolute atomic E-state index is 13.4. The molecule has 2 amide bonds. The van der Waals surface area contributed by atoms with Crippen LogP contribution in [-0.4, -0.2) is 93.9 Å². The molecular weight excluding hydrogens is 502 g/mol. The van der Waals surface area contributed by atoms with Gasteiger partial charge in [0.25, 0.3) is 5.91 Å². The first-order valence-corrected chi connectivity index (χ1v) is 14.6. The van der Waals surface area contributed by atoms with Crippen molar-refractivity contribution >= 4 is 28.5 Å². The van der Waals surface area contributed by atoms with Gasteiger partial charge in [-0.05, 0) is 43.0 Å². The second kappa shape index (κ2) is 11.5. The van der Waals surface area contributed by atoms with Gasteiger partial charge in [-0.15, -0.1) is 0 Å². The van der Waals surface area contributed by atoms with Gasteiger partial charge in [0, 0.05) is 62.3 Å². The second-order valence-electron chi connectivity index (χ2n) is 11.6. The fourth-order valence-corrected chi connectivity index (χ4v) is 6.35. The Hall–Kier alpha value is -3.56. The summed E-state index contributed by atoms with van der Waals surface area (Å²) >= 11 is 0. The first-order chi connectivity index (χ1) is 19.5. The number of rotatable bonds is 3. The predicted octanol–water partition coefficient (Wildman–Crippen LogP) is 2.99. The standard InChI is InChI=1S/C31H39N7O2/c1-21(2)28-30(39)32-18-24-19-37(23-12-14-36(15-13-23)31(40)22-8-4-3-5-9-22)16-17-38(24)20-27-33-26-11-7-6-10-25(26)29(34-27)35-28/h3-11,21,23-24,28H,12-20H2,1-2H3,(H,32,39)(H,33,34,35)/t24?,28-/m0/s1. The molecule has 2 N–H and O–H groups in total. The summed E-state index contributed by atoms with van der Waals surface area (Å²) in [6.07, 6.45) is 1.93. The van der Waals surface area contributed by atoms with Crippen molar-refractivity contribution in [3.05, 3.63) is 66.0 Å². The quantitative estimate of drug-likeness (QED) is 0.527. The van der Waals surface area contributed by atoms with Gasteiger partial charge in [-0.3, -0.25) is 19.4 Å². The predicted molar refractivity (Wildman–Crippen MR) is 156 cm³/mol. The zero-order valence-electron chi connectivity index (χ0n) is 23.4. The molecule has 6 rings (SSSR count). The molecule has 3 aliphatic heterocycles. The molecule has 3 aliphatic rings. The molecule has 2 aromatic carbocycles. The molecule has 0 saturated carbocycles. The highest BCUT2D eigenvalue weighted by Crippen LogP contribution is 2.26. The smallest absolute Gasteiger partial charge is 0.253 e. The molecule has 9 heteroatoms. The number of hydrogen-bond donors (Lipinski definition) is 2. The summed E-state index contributed by atoms with van der Waals surface area (Å²) in [7, 11) is 0. The third-order valence-electron chi connectivity index (χ3n) is 8.67. The molecular formula is C31H39N7O2. The number of anilines is 1. The molecule has 2 fully saturated rings. The van der Waals surface area contributed by atoms with Crippen molar-refractivity contribution in [1.29, 1.82) is 0 Å². The lowest BCUT2D eigenvalue weighted by atomic mass is 9.99. The largest absolute Gasteiger partial charge is 0.358 e. The van der Waals surface area contributed by atoms with E-state index in [0.29, 0.717) is 19.1 Å². The van der Waals surface area contributed by atoms with Crippen molar-refractivity contribution in [3.8, 4) is 0 Å². The number of carbonyl (C=O) groups excluding carboxylic acids is 2. The highest BCUT2D eigenvalue weighted by atomic mass is 16.2. The monoisotopic (exact) mass is 541 g/mol. The van der Waals surface area contributed by atoms with Crippen LogP contribution in [0.15, 0.2) is 54.6 Å². The average Bonchev–Trinajstić information content (AvgIpc) is 3.00. The number of para-hydroxylation sites is 1. The summed E-state index contributed by atoms with van der Waals surface area (Å²) in [6, 6.07) is 17.8. The molecule has 9 nitrogen and oxygen atoms in total. The molecule has 2 bridgehead atoms. The Morgan fingerprint density at radius 3 is 2.40 bits per heavy atom. The van der Waals surface area contributed by atoms with E-state index in [2.05, 4.69) is 34.3 Å². The fourth-order valence-electron chi connectivity index (χ4n) is 6.35. The van der Waals surface area contributed by atoms with Gasteiger partial charge in [0.1, 0.15) is 17.7 Å². The third kappa shape index (κ3) is 5.53. The minimum Gasteiger partial charge on any atom is -0.358 e. The molecule has 0 radical (unpaired) electrons. The van der Waals surface area contributed by atoms with Gasteiger partial charge >= 0.3 is 0 Å². The van der Waals surface area contributed by atoms with Crippen molar-refractivity contribution in [2.75, 3.05) is 44.6 Å². The lowest BCUT2D eigenvalue weighted by Crippen LogP contribution is -2.60. The van der Waals surface area contributed by atoms with Crippen LogP contribution in [0.25, 0.3) is 10.9 Å². The van der Waals surface area contributed by atoms with E-state index in [0.717, 1.165) is 73.7 Å². The molecule has 3 aromatic rings. The van der Waals surface area contributed by atoms with E-state index in [1.807, 2.05) is 59.5 Å². The van der Waals surface area contributed by atoms with E-state index in [9.17, 15) is 9.59 Å². The number of nitrogens with one attached hydrogen (secondary N) is 2. The van der Waals surface area contributed by atoms with Gasteiger partial charge in [0.05, 0.1) is 12.1 Å². The van der Waals surface area contributed by atoms with Gasteiger partial charge in [-0.1, -0.05) is 44.2 Å². The van der Waals surface area contributed by atoms with Crippen LogP contribution in [-0.2, 0) is 11.3 Å². The van der Waals surface area contributed by atoms with Crippen LogP contribution < -0.4 is 10.6 Å². The number of aromatic nitrogens is 2. The van der Waals surface area contributed by atoms with E-state index < -0.39 is 0 Å². The Bertz CT molecular complexity index is 1360. The van der Waals surface area contributed by atoms with Crippen molar-refractivity contribution in [3.63, 3.8) is 0 Å². The lowest BCUT2D eigenvalue weighted by molar-refractivity contribution is -0.123. The van der Waals surface area contributed by atoms with Crippen molar-refractivity contribution in [2.24, 2.45) is 5.92 Å². The number of nitrogens with zero attached hydrogens (tertiary/aromatic N) is 5. The average molecular weight is 542 g/mol. The van der Waals surface area contributed by atoms with Gasteiger partial charge in [0.2, 0.25) is 5.91 Å². The minimum atomic E-state index is -0.385. The highest BCUT2D eigenvalue weighted by molar-refractivity contribution is 5.94. The maximum atomic E-state index is 13.4. The van der Waals surface area contributed by atoms with E-state index >= 15 is 0 Å². The number of piperazine rings is 1. The second-order valence-corrected chi connectivity index (χ2v) is 11.6. The number of fused-ring (bicyclic) bond motifs is 5. The topological polar surface area (TPSA) is 93.7 Å². The van der Waals surface area contributed by atoms with E-state index in [1.165, 1.54) is 0 Å². The maximum Gasteiger partial charge on any atom is 0.253 e. The Labute approximate surface area is 235 Å². The zero-order valence-corrected chi connectivity index (χ0v) is 23.4.